The van der Waals surface area contributed by atoms with Gasteiger partial charge in [0.2, 0.25) is 0 Å². The molecule has 1 aliphatic heterocycles. The molecule has 0 bridgehead atoms. The lowest BCUT2D eigenvalue weighted by Gasteiger charge is -2.29. The second-order valence-corrected chi connectivity index (χ2v) is 5.03. The van der Waals surface area contributed by atoms with Gasteiger partial charge in [0, 0.05) is 6.54 Å². The molecular weight excluding hydrogens is 242 g/mol. The van der Waals surface area contributed by atoms with E-state index >= 15 is 0 Å². The van der Waals surface area contributed by atoms with Crippen LogP contribution >= 0.6 is 0 Å². The van der Waals surface area contributed by atoms with Gasteiger partial charge < -0.3 is 14.7 Å². The SMILES string of the molecule is COC(=O)C(CN1CCCCC1)c1cccc(O)c1. The lowest BCUT2D eigenvalue weighted by atomic mass is 9.97. The number of methoxy groups -OCH3 is 1. The van der Waals surface area contributed by atoms with Crippen molar-refractivity contribution in [3.8, 4) is 5.75 Å². The van der Waals surface area contributed by atoms with Gasteiger partial charge in [-0.15, -0.1) is 0 Å². The zero-order chi connectivity index (χ0) is 13.7. The highest BCUT2D eigenvalue weighted by molar-refractivity contribution is 5.78. The van der Waals surface area contributed by atoms with Crippen LogP contribution in [0.25, 0.3) is 0 Å². The summed E-state index contributed by atoms with van der Waals surface area (Å²) in [6.45, 7) is 2.73. The summed E-state index contributed by atoms with van der Waals surface area (Å²) in [4.78, 5) is 14.3. The van der Waals surface area contributed by atoms with E-state index in [0.29, 0.717) is 6.54 Å². The van der Waals surface area contributed by atoms with Crippen LogP contribution in [0.2, 0.25) is 0 Å². The van der Waals surface area contributed by atoms with Crippen LogP contribution < -0.4 is 0 Å². The number of carbonyl (C=O) groups is 1. The number of benzene rings is 1. The van der Waals surface area contributed by atoms with Crippen LogP contribution in [-0.2, 0) is 9.53 Å². The van der Waals surface area contributed by atoms with E-state index in [1.807, 2.05) is 6.07 Å². The van der Waals surface area contributed by atoms with Gasteiger partial charge in [0.1, 0.15) is 5.75 Å². The van der Waals surface area contributed by atoms with Gasteiger partial charge in [-0.05, 0) is 43.6 Å². The fraction of sp³-hybridized carbons (Fsp3) is 0.533. The van der Waals surface area contributed by atoms with Gasteiger partial charge in [-0.25, -0.2) is 0 Å². The number of carbonyl (C=O) groups excluding carboxylic acids is 1. The molecule has 4 nitrogen and oxygen atoms in total. The predicted molar refractivity (Wildman–Crippen MR) is 73.2 cm³/mol. The van der Waals surface area contributed by atoms with E-state index < -0.39 is 0 Å². The van der Waals surface area contributed by atoms with E-state index in [4.69, 9.17) is 4.74 Å². The number of esters is 1. The molecule has 4 heteroatoms. The van der Waals surface area contributed by atoms with Crippen LogP contribution in [0, 0.1) is 0 Å². The monoisotopic (exact) mass is 263 g/mol. The fourth-order valence-electron chi connectivity index (χ4n) is 2.60. The topological polar surface area (TPSA) is 49.8 Å². The van der Waals surface area contributed by atoms with Crippen molar-refractivity contribution in [2.75, 3.05) is 26.7 Å². The van der Waals surface area contributed by atoms with E-state index in [-0.39, 0.29) is 17.6 Å². The highest BCUT2D eigenvalue weighted by atomic mass is 16.5. The molecule has 0 amide bonds. The maximum absolute atomic E-state index is 12.0. The summed E-state index contributed by atoms with van der Waals surface area (Å²) < 4.78 is 4.90. The molecule has 1 aliphatic rings. The Labute approximate surface area is 114 Å². The molecule has 0 aromatic heterocycles. The molecule has 1 aromatic rings. The van der Waals surface area contributed by atoms with Crippen molar-refractivity contribution in [2.24, 2.45) is 0 Å². The molecular formula is C15H21NO3. The maximum atomic E-state index is 12.0. The summed E-state index contributed by atoms with van der Waals surface area (Å²) in [6.07, 6.45) is 3.65. The second-order valence-electron chi connectivity index (χ2n) is 5.03. The van der Waals surface area contributed by atoms with E-state index in [9.17, 15) is 9.90 Å². The highest BCUT2D eigenvalue weighted by Crippen LogP contribution is 2.24. The van der Waals surface area contributed by atoms with Crippen LogP contribution in [0.15, 0.2) is 24.3 Å². The van der Waals surface area contributed by atoms with Gasteiger partial charge in [0.05, 0.1) is 13.0 Å². The zero-order valence-electron chi connectivity index (χ0n) is 11.3. The van der Waals surface area contributed by atoms with Crippen LogP contribution in [0.1, 0.15) is 30.7 Å². The van der Waals surface area contributed by atoms with Gasteiger partial charge in [-0.2, -0.15) is 0 Å². The van der Waals surface area contributed by atoms with E-state index in [2.05, 4.69) is 4.90 Å². The van der Waals surface area contributed by atoms with Crippen molar-refractivity contribution in [2.45, 2.75) is 25.2 Å². The number of aromatic hydroxyl groups is 1. The summed E-state index contributed by atoms with van der Waals surface area (Å²) in [5, 5.41) is 9.56. The number of hydrogen-bond donors (Lipinski definition) is 1. The number of likely N-dealkylation sites (tertiary alicyclic amines) is 1. The molecule has 1 N–H and O–H groups in total. The Morgan fingerprint density at radius 2 is 2.11 bits per heavy atom. The molecule has 0 saturated carbocycles. The molecule has 1 fully saturated rings. The summed E-state index contributed by atoms with van der Waals surface area (Å²) in [5.74, 6) is -0.378. The molecule has 1 saturated heterocycles. The van der Waals surface area contributed by atoms with Crippen LogP contribution in [-0.4, -0.2) is 42.7 Å². The standard InChI is InChI=1S/C15H21NO3/c1-19-15(18)14(11-16-8-3-2-4-9-16)12-6-5-7-13(17)10-12/h5-7,10,14,17H,2-4,8-9,11H2,1H3. The normalized spacial score (nSPS) is 17.9. The summed E-state index contributed by atoms with van der Waals surface area (Å²) >= 11 is 0. The Morgan fingerprint density at radius 3 is 2.74 bits per heavy atom. The first-order chi connectivity index (χ1) is 9.20. The molecule has 2 rings (SSSR count). The average molecular weight is 263 g/mol. The van der Waals surface area contributed by atoms with Crippen molar-refractivity contribution in [1.82, 2.24) is 4.90 Å². The van der Waals surface area contributed by atoms with Gasteiger partial charge in [-0.1, -0.05) is 18.6 Å². The summed E-state index contributed by atoms with van der Waals surface area (Å²) in [6, 6.07) is 6.88. The zero-order valence-corrected chi connectivity index (χ0v) is 11.3. The minimum Gasteiger partial charge on any atom is -0.508 e. The Bertz CT molecular complexity index is 427. The van der Waals surface area contributed by atoms with Crippen molar-refractivity contribution in [3.05, 3.63) is 29.8 Å². The van der Waals surface area contributed by atoms with Crippen LogP contribution in [0.4, 0.5) is 0 Å². The highest BCUT2D eigenvalue weighted by Gasteiger charge is 2.25. The number of hydrogen-bond acceptors (Lipinski definition) is 4. The average Bonchev–Trinajstić information content (AvgIpc) is 2.45. The Morgan fingerprint density at radius 1 is 1.37 bits per heavy atom. The minimum atomic E-state index is -0.324. The number of piperidine rings is 1. The van der Waals surface area contributed by atoms with E-state index in [0.717, 1.165) is 18.7 Å². The first-order valence-electron chi connectivity index (χ1n) is 6.80. The summed E-state index contributed by atoms with van der Waals surface area (Å²) in [7, 11) is 1.41. The predicted octanol–water partition coefficient (Wildman–Crippen LogP) is 2.13. The molecule has 0 radical (unpaired) electrons. The molecule has 1 atom stereocenters. The van der Waals surface area contributed by atoms with Gasteiger partial charge in [0.25, 0.3) is 0 Å². The molecule has 1 heterocycles. The van der Waals surface area contributed by atoms with Crippen molar-refractivity contribution in [1.29, 1.82) is 0 Å². The van der Waals surface area contributed by atoms with E-state index in [1.165, 1.54) is 26.4 Å². The Kier molecular flexibility index (Phi) is 4.80. The lowest BCUT2D eigenvalue weighted by Crippen LogP contribution is -2.36. The van der Waals surface area contributed by atoms with Gasteiger partial charge >= 0.3 is 5.97 Å². The first-order valence-corrected chi connectivity index (χ1v) is 6.80. The molecule has 1 aromatic carbocycles. The maximum Gasteiger partial charge on any atom is 0.314 e. The minimum absolute atomic E-state index is 0.185. The molecule has 19 heavy (non-hydrogen) atoms. The largest absolute Gasteiger partial charge is 0.508 e. The second kappa shape index (κ2) is 6.57. The third-order valence-corrected chi connectivity index (χ3v) is 3.65. The Balaban J connectivity index is 2.13. The van der Waals surface area contributed by atoms with Gasteiger partial charge in [0.15, 0.2) is 0 Å². The summed E-state index contributed by atoms with van der Waals surface area (Å²) in [5.41, 5.74) is 0.817. The van der Waals surface area contributed by atoms with Gasteiger partial charge in [-0.3, -0.25) is 4.79 Å². The van der Waals surface area contributed by atoms with Crippen LogP contribution in [0.5, 0.6) is 5.75 Å². The number of ether oxygens (including phenoxy) is 1. The fourth-order valence-corrected chi connectivity index (χ4v) is 2.60. The van der Waals surface area contributed by atoms with Crippen LogP contribution in [0.3, 0.4) is 0 Å². The lowest BCUT2D eigenvalue weighted by molar-refractivity contribution is -0.143. The number of phenols is 1. The van der Waals surface area contributed by atoms with Crippen molar-refractivity contribution in [3.63, 3.8) is 0 Å². The number of nitrogens with zero attached hydrogens (tertiary/aromatic N) is 1. The van der Waals surface area contributed by atoms with E-state index in [1.54, 1.807) is 18.2 Å². The number of phenolic OH excluding ortho intramolecular Hbond substituents is 1. The van der Waals surface area contributed by atoms with Crippen molar-refractivity contribution >= 4 is 5.97 Å². The first kappa shape index (κ1) is 13.9. The molecule has 0 spiro atoms. The molecule has 1 unspecified atom stereocenters. The third-order valence-electron chi connectivity index (χ3n) is 3.65. The molecule has 0 aliphatic carbocycles. The Hall–Kier alpha value is -1.55. The third kappa shape index (κ3) is 3.70. The number of rotatable bonds is 4. The van der Waals surface area contributed by atoms with Crippen molar-refractivity contribution < 1.29 is 14.6 Å². The quantitative estimate of drug-likeness (QED) is 0.846. The molecule has 104 valence electrons. The smallest absolute Gasteiger partial charge is 0.314 e.